The number of pyridine rings is 1. The summed E-state index contributed by atoms with van der Waals surface area (Å²) in [6, 6.07) is 11.3. The van der Waals surface area contributed by atoms with E-state index in [1.165, 1.54) is 0 Å². The van der Waals surface area contributed by atoms with Crippen molar-refractivity contribution in [2.45, 2.75) is 57.5 Å². The number of likely N-dealkylation sites (tertiary alicyclic amines) is 1. The number of nitriles is 1. The maximum atomic E-state index is 14.6. The van der Waals surface area contributed by atoms with E-state index in [9.17, 15) is 22.8 Å². The number of halogens is 5. The van der Waals surface area contributed by atoms with Crippen LogP contribution >= 0.6 is 11.6 Å². The third-order valence-corrected chi connectivity index (χ3v) is 8.73. The van der Waals surface area contributed by atoms with Crippen molar-refractivity contribution < 1.29 is 22.3 Å². The highest BCUT2D eigenvalue weighted by molar-refractivity contribution is 6.30. The van der Waals surface area contributed by atoms with Crippen LogP contribution in [-0.4, -0.2) is 63.8 Å². The van der Waals surface area contributed by atoms with Gasteiger partial charge in [-0.15, -0.1) is 10.2 Å². The Bertz CT molecular complexity index is 1960. The van der Waals surface area contributed by atoms with E-state index in [0.717, 1.165) is 24.6 Å². The van der Waals surface area contributed by atoms with E-state index in [0.29, 0.717) is 73.1 Å². The highest BCUT2D eigenvalue weighted by Crippen LogP contribution is 2.47. The molecular weight excluding hydrogens is 640 g/mol. The van der Waals surface area contributed by atoms with E-state index in [4.69, 9.17) is 21.3 Å². The molecule has 5 heterocycles. The van der Waals surface area contributed by atoms with Gasteiger partial charge >= 0.3 is 6.18 Å². The predicted molar refractivity (Wildman–Crippen MR) is 160 cm³/mol. The maximum absolute atomic E-state index is 14.6. The number of hydrogen-bond acceptors (Lipinski definition) is 9. The highest BCUT2D eigenvalue weighted by Gasteiger charge is 2.44. The van der Waals surface area contributed by atoms with Crippen LogP contribution in [0.5, 0.6) is 5.88 Å². The Labute approximate surface area is 270 Å². The molecule has 1 aromatic carbocycles. The molecule has 2 aliphatic rings. The summed E-state index contributed by atoms with van der Waals surface area (Å²) in [7, 11) is 0. The topological polar surface area (TPSA) is 134 Å². The van der Waals surface area contributed by atoms with Gasteiger partial charge in [0.2, 0.25) is 11.6 Å². The molecule has 0 unspecified atom stereocenters. The van der Waals surface area contributed by atoms with Gasteiger partial charge < -0.3 is 14.3 Å². The predicted octanol–water partition coefficient (Wildman–Crippen LogP) is 5.76. The van der Waals surface area contributed by atoms with Gasteiger partial charge in [-0.2, -0.15) is 27.8 Å². The van der Waals surface area contributed by atoms with Gasteiger partial charge in [0.15, 0.2) is 5.82 Å². The van der Waals surface area contributed by atoms with E-state index in [1.54, 1.807) is 24.4 Å². The summed E-state index contributed by atoms with van der Waals surface area (Å²) in [5.74, 6) is -0.883. The molecule has 1 saturated heterocycles. The molecular formula is C31H27ClF4N10O. The molecule has 0 radical (unpaired) electrons. The summed E-state index contributed by atoms with van der Waals surface area (Å²) in [5, 5.41) is 17.2. The molecule has 16 heteroatoms. The van der Waals surface area contributed by atoms with Crippen molar-refractivity contribution in [2.24, 2.45) is 5.41 Å². The van der Waals surface area contributed by atoms with Crippen LogP contribution in [0.1, 0.15) is 48.7 Å². The first-order valence-corrected chi connectivity index (χ1v) is 15.4. The van der Waals surface area contributed by atoms with Crippen molar-refractivity contribution in [3.8, 4) is 23.5 Å². The Hall–Kier alpha value is -4.68. The van der Waals surface area contributed by atoms with Gasteiger partial charge in [0.05, 0.1) is 41.5 Å². The second kappa shape index (κ2) is 12.2. The lowest BCUT2D eigenvalue weighted by molar-refractivity contribution is -0.144. The summed E-state index contributed by atoms with van der Waals surface area (Å²) >= 11 is 5.97. The number of H-pyrrole nitrogens is 1. The Morgan fingerprint density at radius 3 is 2.51 bits per heavy atom. The van der Waals surface area contributed by atoms with Gasteiger partial charge in [0, 0.05) is 31.1 Å². The molecule has 0 amide bonds. The quantitative estimate of drug-likeness (QED) is 0.195. The number of fused-ring (bicyclic) bond motifs is 1. The van der Waals surface area contributed by atoms with Crippen LogP contribution in [0.2, 0.25) is 5.02 Å². The number of ether oxygens (including phenoxy) is 1. The van der Waals surface area contributed by atoms with E-state index < -0.39 is 23.2 Å². The van der Waals surface area contributed by atoms with Gasteiger partial charge in [-0.1, -0.05) is 23.7 Å². The van der Waals surface area contributed by atoms with Crippen molar-refractivity contribution in [1.29, 1.82) is 5.26 Å². The molecule has 1 aliphatic carbocycles. The standard InChI is InChI=1S/C31H27ClF4N10O/c32-19-3-1-18(2-4-19)11-25-39-13-21(33)28(41-25)47-20-5-9-45(10-6-20)15-26-40-22-12-23(27-42-29(44-43-27)31(34,35)36)38-14-24(22)46(26)17-30(16-37)7-8-30/h1-4,12-14,20H,5-11,15,17H2,(H,42,43,44). The fraction of sp³-hybridized carbons (Fsp3) is 0.387. The lowest BCUT2D eigenvalue weighted by Crippen LogP contribution is -2.38. The number of hydrogen-bond donors (Lipinski definition) is 1. The lowest BCUT2D eigenvalue weighted by atomic mass is 10.1. The average molecular weight is 667 g/mol. The SMILES string of the molecule is N#CC1(Cn2c(CN3CCC(Oc4nc(Cc5ccc(Cl)cc5)ncc4F)CC3)nc3cc(-c4nnc(C(F)(F)F)[nH]4)ncc32)CC1. The van der Waals surface area contributed by atoms with Gasteiger partial charge in [-0.05, 0) is 49.4 Å². The normalized spacial score (nSPS) is 16.8. The zero-order valence-electron chi connectivity index (χ0n) is 24.8. The molecule has 47 heavy (non-hydrogen) atoms. The largest absolute Gasteiger partial charge is 0.472 e. The highest BCUT2D eigenvalue weighted by atomic mass is 35.5. The third kappa shape index (κ3) is 6.75. The second-order valence-electron chi connectivity index (χ2n) is 11.9. The minimum absolute atomic E-state index is 0.0761. The maximum Gasteiger partial charge on any atom is 0.451 e. The van der Waals surface area contributed by atoms with E-state index in [-0.39, 0.29) is 23.5 Å². The number of imidazole rings is 1. The molecule has 4 aromatic heterocycles. The molecule has 0 atom stereocenters. The molecule has 0 spiro atoms. The fourth-order valence-corrected chi connectivity index (χ4v) is 5.77. The number of nitrogens with zero attached hydrogens (tertiary/aromatic N) is 9. The summed E-state index contributed by atoms with van der Waals surface area (Å²) in [4.78, 5) is 22.0. The van der Waals surface area contributed by atoms with Crippen LogP contribution in [0, 0.1) is 22.6 Å². The molecule has 1 N–H and O–H groups in total. The van der Waals surface area contributed by atoms with Crippen LogP contribution in [0.3, 0.4) is 0 Å². The summed E-state index contributed by atoms with van der Waals surface area (Å²) in [5.41, 5.74) is 1.82. The van der Waals surface area contributed by atoms with Crippen LogP contribution < -0.4 is 4.74 Å². The van der Waals surface area contributed by atoms with Crippen LogP contribution in [0.4, 0.5) is 17.6 Å². The second-order valence-corrected chi connectivity index (χ2v) is 12.4. The number of rotatable bonds is 9. The monoisotopic (exact) mass is 666 g/mol. The average Bonchev–Trinajstić information content (AvgIpc) is 3.49. The van der Waals surface area contributed by atoms with Crippen molar-refractivity contribution in [3.63, 3.8) is 0 Å². The zero-order valence-corrected chi connectivity index (χ0v) is 25.6. The molecule has 242 valence electrons. The van der Waals surface area contributed by atoms with Crippen LogP contribution in [-0.2, 0) is 25.7 Å². The summed E-state index contributed by atoms with van der Waals surface area (Å²) in [6.07, 6.45) is 0.954. The van der Waals surface area contributed by atoms with Crippen molar-refractivity contribution in [2.75, 3.05) is 13.1 Å². The smallest absolute Gasteiger partial charge is 0.451 e. The molecule has 7 rings (SSSR count). The van der Waals surface area contributed by atoms with Crippen molar-refractivity contribution in [3.05, 3.63) is 76.6 Å². The van der Waals surface area contributed by atoms with E-state index in [2.05, 4.69) is 41.1 Å². The first-order chi connectivity index (χ1) is 22.6. The Morgan fingerprint density at radius 1 is 1.06 bits per heavy atom. The number of piperidine rings is 1. The summed E-state index contributed by atoms with van der Waals surface area (Å²) < 4.78 is 61.8. The first-order valence-electron chi connectivity index (χ1n) is 15.0. The zero-order chi connectivity index (χ0) is 32.8. The molecule has 11 nitrogen and oxygen atoms in total. The number of alkyl halides is 3. The molecule has 0 bridgehead atoms. The minimum Gasteiger partial charge on any atom is -0.472 e. The number of aromatic amines is 1. The molecule has 1 saturated carbocycles. The van der Waals surface area contributed by atoms with Crippen LogP contribution in [0.15, 0.2) is 42.7 Å². The third-order valence-electron chi connectivity index (χ3n) is 8.48. The molecule has 2 fully saturated rings. The first kappa shape index (κ1) is 30.9. The number of aromatic nitrogens is 8. The fourth-order valence-electron chi connectivity index (χ4n) is 5.65. The van der Waals surface area contributed by atoms with Gasteiger partial charge in [0.1, 0.15) is 23.4 Å². The Balaban J connectivity index is 1.05. The van der Waals surface area contributed by atoms with Gasteiger partial charge in [-0.25, -0.2) is 9.97 Å². The van der Waals surface area contributed by atoms with Crippen LogP contribution in [0.25, 0.3) is 22.6 Å². The van der Waals surface area contributed by atoms with Gasteiger partial charge in [0.25, 0.3) is 5.88 Å². The van der Waals surface area contributed by atoms with Crippen molar-refractivity contribution >= 4 is 22.6 Å². The van der Waals surface area contributed by atoms with E-state index >= 15 is 0 Å². The number of nitrogens with one attached hydrogen (secondary N) is 1. The summed E-state index contributed by atoms with van der Waals surface area (Å²) in [6.45, 7) is 2.18. The Morgan fingerprint density at radius 2 is 1.83 bits per heavy atom. The van der Waals surface area contributed by atoms with Gasteiger partial charge in [-0.3, -0.25) is 9.88 Å². The number of benzene rings is 1. The minimum atomic E-state index is -4.66. The molecule has 5 aromatic rings. The van der Waals surface area contributed by atoms with E-state index in [1.807, 2.05) is 16.7 Å². The lowest BCUT2D eigenvalue weighted by Gasteiger charge is -2.31. The molecule has 1 aliphatic heterocycles. The Kier molecular flexibility index (Phi) is 8.01. The van der Waals surface area contributed by atoms with Crippen molar-refractivity contribution in [1.82, 2.24) is 44.6 Å².